The second-order valence-electron chi connectivity index (χ2n) is 4.51. The van der Waals surface area contributed by atoms with Gasteiger partial charge >= 0.3 is 5.97 Å². The average Bonchev–Trinajstić information content (AvgIpc) is 2.44. The summed E-state index contributed by atoms with van der Waals surface area (Å²) >= 11 is 0. The number of rotatable bonds is 8. The Morgan fingerprint density at radius 1 is 1.30 bits per heavy atom. The molecule has 0 aromatic heterocycles. The van der Waals surface area contributed by atoms with Gasteiger partial charge in [-0.3, -0.25) is 4.79 Å². The first kappa shape index (κ1) is 16.7. The molecule has 0 fully saturated rings. The minimum Gasteiger partial charge on any atom is -0.463 e. The molecule has 0 aliphatic heterocycles. The van der Waals surface area contributed by atoms with Crippen LogP contribution in [0, 0.1) is 0 Å². The Morgan fingerprint density at radius 3 is 2.55 bits per heavy atom. The number of esters is 1. The summed E-state index contributed by atoms with van der Waals surface area (Å²) in [6.07, 6.45) is 0.0532. The van der Waals surface area contributed by atoms with Gasteiger partial charge in [0.25, 0.3) is 0 Å². The standard InChI is InChI=1S/C14H20O5S/c1-2-6-14(16)19-11-12(15)9-10-20(17,18)13-7-4-3-5-8-13/h3-5,7-8,12,15H,2,6,9-11H2,1H3/t12-/m1/s1. The molecule has 1 rings (SSSR count). The van der Waals surface area contributed by atoms with Crippen LogP contribution in [-0.4, -0.2) is 38.0 Å². The first-order valence-corrected chi connectivity index (χ1v) is 8.22. The fourth-order valence-electron chi connectivity index (χ4n) is 1.59. The average molecular weight is 300 g/mol. The number of benzene rings is 1. The van der Waals surface area contributed by atoms with Crippen molar-refractivity contribution in [1.82, 2.24) is 0 Å². The molecule has 0 amide bonds. The van der Waals surface area contributed by atoms with Crippen LogP contribution >= 0.6 is 0 Å². The molecule has 0 aliphatic carbocycles. The third-order valence-corrected chi connectivity index (χ3v) is 4.48. The lowest BCUT2D eigenvalue weighted by atomic mass is 10.3. The highest BCUT2D eigenvalue weighted by molar-refractivity contribution is 7.91. The van der Waals surface area contributed by atoms with E-state index in [4.69, 9.17) is 4.74 Å². The molecule has 0 spiro atoms. The van der Waals surface area contributed by atoms with Crippen molar-refractivity contribution in [3.05, 3.63) is 30.3 Å². The summed E-state index contributed by atoms with van der Waals surface area (Å²) in [6.45, 7) is 1.69. The van der Waals surface area contributed by atoms with E-state index >= 15 is 0 Å². The molecule has 0 aliphatic rings. The normalized spacial score (nSPS) is 12.9. The molecule has 0 heterocycles. The van der Waals surface area contributed by atoms with Gasteiger partial charge in [-0.05, 0) is 25.0 Å². The second-order valence-corrected chi connectivity index (χ2v) is 6.62. The van der Waals surface area contributed by atoms with Gasteiger partial charge in [-0.15, -0.1) is 0 Å². The van der Waals surface area contributed by atoms with Crippen LogP contribution in [0.3, 0.4) is 0 Å². The predicted octanol–water partition coefficient (Wildman–Crippen LogP) is 1.55. The molecule has 0 unspecified atom stereocenters. The predicted molar refractivity (Wildman–Crippen MR) is 75.0 cm³/mol. The highest BCUT2D eigenvalue weighted by Crippen LogP contribution is 2.12. The Morgan fingerprint density at radius 2 is 1.95 bits per heavy atom. The number of sulfone groups is 1. The van der Waals surface area contributed by atoms with Gasteiger partial charge < -0.3 is 9.84 Å². The van der Waals surface area contributed by atoms with Crippen LogP contribution in [0.4, 0.5) is 0 Å². The van der Waals surface area contributed by atoms with Gasteiger partial charge in [0.05, 0.1) is 16.8 Å². The van der Waals surface area contributed by atoms with Crippen molar-refractivity contribution in [3.63, 3.8) is 0 Å². The van der Waals surface area contributed by atoms with Crippen molar-refractivity contribution >= 4 is 15.8 Å². The van der Waals surface area contributed by atoms with Gasteiger partial charge in [0, 0.05) is 6.42 Å². The van der Waals surface area contributed by atoms with Gasteiger partial charge in [0.15, 0.2) is 9.84 Å². The summed E-state index contributed by atoms with van der Waals surface area (Å²) in [5.41, 5.74) is 0. The largest absolute Gasteiger partial charge is 0.463 e. The minimum absolute atomic E-state index is 0.0383. The van der Waals surface area contributed by atoms with Crippen LogP contribution in [0.1, 0.15) is 26.2 Å². The molecule has 5 nitrogen and oxygen atoms in total. The fraction of sp³-hybridized carbons (Fsp3) is 0.500. The lowest BCUT2D eigenvalue weighted by molar-refractivity contribution is -0.146. The molecule has 1 aromatic rings. The number of aliphatic hydroxyl groups excluding tert-OH is 1. The van der Waals surface area contributed by atoms with Crippen LogP contribution in [0.25, 0.3) is 0 Å². The van der Waals surface area contributed by atoms with Crippen LogP contribution in [-0.2, 0) is 19.4 Å². The van der Waals surface area contributed by atoms with Crippen LogP contribution in [0.2, 0.25) is 0 Å². The monoisotopic (exact) mass is 300 g/mol. The zero-order valence-electron chi connectivity index (χ0n) is 11.5. The summed E-state index contributed by atoms with van der Waals surface area (Å²) in [5.74, 6) is -0.554. The summed E-state index contributed by atoms with van der Waals surface area (Å²) in [4.78, 5) is 11.4. The third kappa shape index (κ3) is 5.71. The van der Waals surface area contributed by atoms with E-state index in [9.17, 15) is 18.3 Å². The van der Waals surface area contributed by atoms with Gasteiger partial charge in [-0.1, -0.05) is 25.1 Å². The quantitative estimate of drug-likeness (QED) is 0.737. The van der Waals surface area contributed by atoms with Crippen molar-refractivity contribution in [1.29, 1.82) is 0 Å². The van der Waals surface area contributed by atoms with Crippen molar-refractivity contribution in [2.45, 2.75) is 37.2 Å². The lowest BCUT2D eigenvalue weighted by Gasteiger charge is -2.11. The van der Waals surface area contributed by atoms with Crippen molar-refractivity contribution in [3.8, 4) is 0 Å². The van der Waals surface area contributed by atoms with E-state index in [0.29, 0.717) is 12.8 Å². The summed E-state index contributed by atoms with van der Waals surface area (Å²) < 4.78 is 28.7. The van der Waals surface area contributed by atoms with Crippen LogP contribution in [0.15, 0.2) is 35.2 Å². The van der Waals surface area contributed by atoms with E-state index in [2.05, 4.69) is 0 Å². The molecule has 20 heavy (non-hydrogen) atoms. The number of aliphatic hydroxyl groups is 1. The Kier molecular flexibility index (Phi) is 6.67. The number of ether oxygens (including phenoxy) is 1. The molecule has 1 N–H and O–H groups in total. The van der Waals surface area contributed by atoms with E-state index in [1.165, 1.54) is 12.1 Å². The molecule has 1 atom stereocenters. The van der Waals surface area contributed by atoms with E-state index in [1.54, 1.807) is 18.2 Å². The molecular weight excluding hydrogens is 280 g/mol. The molecule has 0 saturated heterocycles. The van der Waals surface area contributed by atoms with Crippen molar-refractivity contribution in [2.75, 3.05) is 12.4 Å². The van der Waals surface area contributed by atoms with E-state index in [0.717, 1.165) is 0 Å². The smallest absolute Gasteiger partial charge is 0.305 e. The first-order valence-electron chi connectivity index (χ1n) is 6.57. The van der Waals surface area contributed by atoms with Gasteiger partial charge in [-0.25, -0.2) is 8.42 Å². The maximum absolute atomic E-state index is 12.0. The molecule has 1 aromatic carbocycles. The third-order valence-electron chi connectivity index (χ3n) is 2.71. The maximum Gasteiger partial charge on any atom is 0.305 e. The Hall–Kier alpha value is -1.40. The summed E-state index contributed by atoms with van der Waals surface area (Å²) in [7, 11) is -3.40. The molecule has 112 valence electrons. The van der Waals surface area contributed by atoms with Gasteiger partial charge in [0.2, 0.25) is 0 Å². The zero-order valence-corrected chi connectivity index (χ0v) is 12.3. The Balaban J connectivity index is 2.41. The fourth-order valence-corrected chi connectivity index (χ4v) is 2.98. The van der Waals surface area contributed by atoms with E-state index < -0.39 is 15.9 Å². The molecule has 0 bridgehead atoms. The van der Waals surface area contributed by atoms with Crippen LogP contribution < -0.4 is 0 Å². The van der Waals surface area contributed by atoms with E-state index in [-0.39, 0.29) is 29.6 Å². The number of hydrogen-bond donors (Lipinski definition) is 1. The summed E-state index contributed by atoms with van der Waals surface area (Å²) in [5, 5.41) is 9.63. The lowest BCUT2D eigenvalue weighted by Crippen LogP contribution is -2.22. The zero-order chi connectivity index (χ0) is 15.0. The van der Waals surface area contributed by atoms with Gasteiger partial charge in [0.1, 0.15) is 6.61 Å². The Bertz CT molecular complexity index is 510. The van der Waals surface area contributed by atoms with Crippen molar-refractivity contribution in [2.24, 2.45) is 0 Å². The highest BCUT2D eigenvalue weighted by Gasteiger charge is 2.17. The molecule has 0 radical (unpaired) electrons. The number of hydrogen-bond acceptors (Lipinski definition) is 5. The maximum atomic E-state index is 12.0. The first-order chi connectivity index (χ1) is 9.45. The van der Waals surface area contributed by atoms with Gasteiger partial charge in [-0.2, -0.15) is 0 Å². The highest BCUT2D eigenvalue weighted by atomic mass is 32.2. The second kappa shape index (κ2) is 8.01. The minimum atomic E-state index is -3.40. The van der Waals surface area contributed by atoms with E-state index in [1.807, 2.05) is 6.92 Å². The topological polar surface area (TPSA) is 80.7 Å². The van der Waals surface area contributed by atoms with Crippen molar-refractivity contribution < 1.29 is 23.1 Å². The molecule has 6 heteroatoms. The SMILES string of the molecule is CCCC(=O)OC[C@H](O)CCS(=O)(=O)c1ccccc1. The molecule has 0 saturated carbocycles. The molecular formula is C14H20O5S. The Labute approximate surface area is 119 Å². The summed E-state index contributed by atoms with van der Waals surface area (Å²) in [6, 6.07) is 8.07. The number of carbonyl (C=O) groups excluding carboxylic acids is 1. The van der Waals surface area contributed by atoms with Crippen LogP contribution in [0.5, 0.6) is 0 Å². The number of carbonyl (C=O) groups is 1.